The van der Waals surface area contributed by atoms with Gasteiger partial charge in [0.15, 0.2) is 0 Å². The van der Waals surface area contributed by atoms with Crippen molar-refractivity contribution in [1.82, 2.24) is 4.31 Å². The lowest BCUT2D eigenvalue weighted by Crippen LogP contribution is -2.34. The molecule has 1 aromatic rings. The van der Waals surface area contributed by atoms with E-state index in [0.717, 1.165) is 11.2 Å². The second kappa shape index (κ2) is 6.24. The van der Waals surface area contributed by atoms with E-state index in [1.54, 1.807) is 0 Å². The van der Waals surface area contributed by atoms with Crippen LogP contribution in [0.1, 0.15) is 25.8 Å². The maximum absolute atomic E-state index is 14.5. The molecule has 0 saturated carbocycles. The van der Waals surface area contributed by atoms with Gasteiger partial charge >= 0.3 is 5.97 Å². The number of carbonyl (C=O) groups is 2. The largest absolute Gasteiger partial charge is 0.456 e. The van der Waals surface area contributed by atoms with E-state index in [-0.39, 0.29) is 22.9 Å². The molecule has 0 radical (unpaired) electrons. The molecule has 1 saturated heterocycles. The van der Waals surface area contributed by atoms with Crippen molar-refractivity contribution in [2.75, 3.05) is 12.3 Å². The molecular weight excluding hydrogens is 389 g/mol. The molecule has 7 nitrogen and oxygen atoms in total. The molecule has 0 aliphatic carbocycles. The minimum atomic E-state index is -3.73. The van der Waals surface area contributed by atoms with Crippen molar-refractivity contribution in [3.63, 3.8) is 0 Å². The fraction of sp³-hybridized carbons (Fsp3) is 0.375. The summed E-state index contributed by atoms with van der Waals surface area (Å²) in [5.74, 6) is -3.69. The Bertz CT molecular complexity index is 944. The summed E-state index contributed by atoms with van der Waals surface area (Å²) in [6.45, 7) is 2.39. The predicted octanol–water partition coefficient (Wildman–Crippen LogP) is 2.06. The number of esters is 1. The Kier molecular flexibility index (Phi) is 4.48. The van der Waals surface area contributed by atoms with E-state index in [0.29, 0.717) is 6.42 Å². The number of nitrogens with zero attached hydrogens (tertiary/aromatic N) is 1. The number of ether oxygens (including phenoxy) is 2. The predicted molar refractivity (Wildman–Crippen MR) is 88.8 cm³/mol. The highest BCUT2D eigenvalue weighted by atomic mass is 35.5. The van der Waals surface area contributed by atoms with Crippen molar-refractivity contribution in [2.24, 2.45) is 0 Å². The molecule has 2 aliphatic rings. The fourth-order valence-electron chi connectivity index (χ4n) is 2.91. The van der Waals surface area contributed by atoms with Gasteiger partial charge in [-0.15, -0.1) is 0 Å². The van der Waals surface area contributed by atoms with Crippen LogP contribution in [0.5, 0.6) is 0 Å². The van der Waals surface area contributed by atoms with E-state index in [1.807, 2.05) is 0 Å². The molecular formula is C16H15ClFNO6S. The minimum absolute atomic E-state index is 0.0593. The minimum Gasteiger partial charge on any atom is -0.456 e. The number of ketones is 1. The molecule has 0 aromatic heterocycles. The van der Waals surface area contributed by atoms with Gasteiger partial charge in [-0.3, -0.25) is 9.59 Å². The van der Waals surface area contributed by atoms with Crippen molar-refractivity contribution in [3.8, 4) is 0 Å². The number of hydrogen-bond donors (Lipinski definition) is 0. The van der Waals surface area contributed by atoms with Crippen LogP contribution in [-0.2, 0) is 34.7 Å². The van der Waals surface area contributed by atoms with Gasteiger partial charge in [0.2, 0.25) is 21.4 Å². The summed E-state index contributed by atoms with van der Waals surface area (Å²) in [5, 5.41) is -0.226. The molecule has 10 heteroatoms. The number of benzene rings is 1. The first-order valence-electron chi connectivity index (χ1n) is 7.69. The number of halogens is 2. The van der Waals surface area contributed by atoms with Gasteiger partial charge in [-0.1, -0.05) is 23.7 Å². The Hall–Kier alpha value is -2.13. The topological polar surface area (TPSA) is 90.0 Å². The maximum Gasteiger partial charge on any atom is 0.308 e. The molecule has 2 aliphatic heterocycles. The fourth-order valence-corrected chi connectivity index (χ4v) is 4.58. The van der Waals surface area contributed by atoms with Crippen LogP contribution >= 0.6 is 11.6 Å². The van der Waals surface area contributed by atoms with Crippen LogP contribution in [0.15, 0.2) is 29.8 Å². The summed E-state index contributed by atoms with van der Waals surface area (Å²) in [7, 11) is -3.73. The first-order chi connectivity index (χ1) is 12.1. The number of rotatable bonds is 3. The highest BCUT2D eigenvalue weighted by molar-refractivity contribution is 7.89. The Labute approximate surface area is 154 Å². The van der Waals surface area contributed by atoms with Crippen LogP contribution in [0.25, 0.3) is 0 Å². The molecule has 0 bridgehead atoms. The highest BCUT2D eigenvalue weighted by Crippen LogP contribution is 2.43. The van der Waals surface area contributed by atoms with E-state index in [4.69, 9.17) is 21.1 Å². The van der Waals surface area contributed by atoms with Crippen molar-refractivity contribution in [2.45, 2.75) is 25.9 Å². The zero-order valence-electron chi connectivity index (χ0n) is 13.9. The lowest BCUT2D eigenvalue weighted by atomic mass is 9.91. The molecule has 0 spiro atoms. The lowest BCUT2D eigenvalue weighted by molar-refractivity contribution is -0.142. The monoisotopic (exact) mass is 403 g/mol. The Balaban J connectivity index is 2.13. The van der Waals surface area contributed by atoms with Crippen LogP contribution in [0.4, 0.5) is 4.39 Å². The normalized spacial score (nSPS) is 24.8. The van der Waals surface area contributed by atoms with Crippen LogP contribution in [0.3, 0.4) is 0 Å². The zero-order valence-corrected chi connectivity index (χ0v) is 15.5. The molecule has 140 valence electrons. The summed E-state index contributed by atoms with van der Waals surface area (Å²) < 4.78 is 50.4. The molecule has 1 unspecified atom stereocenters. The summed E-state index contributed by atoms with van der Waals surface area (Å²) in [4.78, 5) is 24.3. The van der Waals surface area contributed by atoms with Gasteiger partial charge in [0, 0.05) is 19.0 Å². The van der Waals surface area contributed by atoms with Gasteiger partial charge in [-0.2, -0.15) is 0 Å². The van der Waals surface area contributed by atoms with Gasteiger partial charge in [0.05, 0.1) is 10.8 Å². The van der Waals surface area contributed by atoms with Crippen molar-refractivity contribution in [1.29, 1.82) is 0 Å². The van der Waals surface area contributed by atoms with Crippen molar-refractivity contribution >= 4 is 33.4 Å². The first-order valence-corrected chi connectivity index (χ1v) is 9.68. The molecule has 0 N–H and O–H groups in total. The van der Waals surface area contributed by atoms with Gasteiger partial charge in [0.1, 0.15) is 5.82 Å². The second-order valence-electron chi connectivity index (χ2n) is 6.04. The standard InChI is InChI=1S/C16H15ClFNO6S/c1-9(20)24-13-14(21)16(2,10-5-3-6-11(17)12(10)18)25-15(13)19-7-4-8-26(19,22)23/h3,5-6H,4,7-8H2,1-2H3. The Morgan fingerprint density at radius 2 is 2.12 bits per heavy atom. The number of carbonyl (C=O) groups excluding carboxylic acids is 2. The highest BCUT2D eigenvalue weighted by Gasteiger charge is 2.54. The molecule has 1 atom stereocenters. The smallest absolute Gasteiger partial charge is 0.308 e. The van der Waals surface area contributed by atoms with Crippen molar-refractivity contribution in [3.05, 3.63) is 46.2 Å². The third-order valence-corrected chi connectivity index (χ3v) is 6.29. The van der Waals surface area contributed by atoms with Crippen LogP contribution < -0.4 is 0 Å². The van der Waals surface area contributed by atoms with Crippen LogP contribution in [0, 0.1) is 5.82 Å². The average Bonchev–Trinajstić information content (AvgIpc) is 3.01. The SMILES string of the molecule is CC(=O)OC1=C(N2CCCS2(=O)=O)OC(C)(c2cccc(Cl)c2F)C1=O. The maximum atomic E-state index is 14.5. The quantitative estimate of drug-likeness (QED) is 0.717. The zero-order chi connectivity index (χ0) is 19.3. The third-order valence-electron chi connectivity index (χ3n) is 4.17. The molecule has 0 amide bonds. The molecule has 1 fully saturated rings. The number of Topliss-reactive ketones (excluding diaryl/α,β-unsaturated/α-hetero) is 1. The van der Waals surface area contributed by atoms with E-state index < -0.39 is 44.8 Å². The Morgan fingerprint density at radius 1 is 1.42 bits per heavy atom. The molecule has 2 heterocycles. The molecule has 3 rings (SSSR count). The molecule has 26 heavy (non-hydrogen) atoms. The van der Waals surface area contributed by atoms with Crippen molar-refractivity contribution < 1.29 is 31.9 Å². The van der Waals surface area contributed by atoms with E-state index >= 15 is 0 Å². The van der Waals surface area contributed by atoms with Gasteiger partial charge in [-0.25, -0.2) is 17.1 Å². The second-order valence-corrected chi connectivity index (χ2v) is 8.46. The van der Waals surface area contributed by atoms with Gasteiger partial charge < -0.3 is 9.47 Å². The number of hydrogen-bond acceptors (Lipinski definition) is 6. The summed E-state index contributed by atoms with van der Waals surface area (Å²) in [6, 6.07) is 4.03. The lowest BCUT2D eigenvalue weighted by Gasteiger charge is -2.26. The van der Waals surface area contributed by atoms with Gasteiger partial charge in [0.25, 0.3) is 11.7 Å². The van der Waals surface area contributed by atoms with Gasteiger partial charge in [-0.05, 0) is 19.4 Å². The third kappa shape index (κ3) is 2.84. The van der Waals surface area contributed by atoms with E-state index in [1.165, 1.54) is 25.1 Å². The van der Waals surface area contributed by atoms with E-state index in [9.17, 15) is 22.4 Å². The first kappa shape index (κ1) is 18.7. The summed E-state index contributed by atoms with van der Waals surface area (Å²) >= 11 is 5.78. The number of sulfonamides is 1. The van der Waals surface area contributed by atoms with Crippen LogP contribution in [-0.4, -0.2) is 36.8 Å². The summed E-state index contributed by atoms with van der Waals surface area (Å²) in [5.41, 5.74) is -2.11. The molecule has 1 aromatic carbocycles. The van der Waals surface area contributed by atoms with E-state index in [2.05, 4.69) is 0 Å². The van der Waals surface area contributed by atoms with Crippen LogP contribution in [0.2, 0.25) is 5.02 Å². The average molecular weight is 404 g/mol. The summed E-state index contributed by atoms with van der Waals surface area (Å²) in [6.07, 6.45) is 0.318. The Morgan fingerprint density at radius 3 is 2.69 bits per heavy atom.